The highest BCUT2D eigenvalue weighted by Crippen LogP contribution is 2.27. The van der Waals surface area contributed by atoms with Crippen molar-refractivity contribution in [3.05, 3.63) is 52.8 Å². The van der Waals surface area contributed by atoms with E-state index in [1.54, 1.807) is 23.9 Å². The molecular weight excluding hydrogens is 466 g/mol. The maximum absolute atomic E-state index is 12.3. The molecule has 2 aromatic heterocycles. The number of halogens is 1. The van der Waals surface area contributed by atoms with Crippen LogP contribution in [0.15, 0.2) is 36.5 Å². The number of ether oxygens (including phenoxy) is 1. The summed E-state index contributed by atoms with van der Waals surface area (Å²) in [5, 5.41) is 6.06. The monoisotopic (exact) mass is 493 g/mol. The van der Waals surface area contributed by atoms with E-state index in [1.165, 1.54) is 6.08 Å². The van der Waals surface area contributed by atoms with E-state index in [0.29, 0.717) is 29.3 Å². The van der Waals surface area contributed by atoms with Crippen molar-refractivity contribution in [3.63, 3.8) is 0 Å². The van der Waals surface area contributed by atoms with Crippen LogP contribution in [0, 0.1) is 6.92 Å². The van der Waals surface area contributed by atoms with E-state index >= 15 is 0 Å². The molecular formula is C22H28ClN5O4S. The fraction of sp³-hybridized carbons (Fsp3) is 0.364. The van der Waals surface area contributed by atoms with Crippen LogP contribution in [0.2, 0.25) is 5.02 Å². The number of aryl methyl sites for hydroxylation is 2. The van der Waals surface area contributed by atoms with Gasteiger partial charge in [0.15, 0.2) is 0 Å². The largest absolute Gasteiger partial charge is 0.379 e. The normalized spacial score (nSPS) is 12.3. The lowest BCUT2D eigenvalue weighted by Gasteiger charge is -2.09. The minimum Gasteiger partial charge on any atom is -0.379 e. The number of rotatable bonds is 10. The van der Waals surface area contributed by atoms with E-state index in [1.807, 2.05) is 54.5 Å². The van der Waals surface area contributed by atoms with Crippen molar-refractivity contribution in [2.45, 2.75) is 33.3 Å². The molecule has 0 aliphatic heterocycles. The molecule has 3 aromatic rings. The first-order valence-electron chi connectivity index (χ1n) is 10.5. The van der Waals surface area contributed by atoms with Crippen LogP contribution in [0.3, 0.4) is 0 Å². The number of nitrogens with zero attached hydrogens (tertiary/aromatic N) is 3. The minimum absolute atomic E-state index is 0.0783. The van der Waals surface area contributed by atoms with Crippen molar-refractivity contribution in [3.8, 4) is 5.82 Å². The molecule has 1 aromatic carbocycles. The molecule has 33 heavy (non-hydrogen) atoms. The summed E-state index contributed by atoms with van der Waals surface area (Å²) in [6, 6.07) is 7.52. The Morgan fingerprint density at radius 3 is 2.79 bits per heavy atom. The summed E-state index contributed by atoms with van der Waals surface area (Å²) in [7, 11) is -2.17. The summed E-state index contributed by atoms with van der Waals surface area (Å²) in [5.74, 6) is -0.0284. The van der Waals surface area contributed by atoms with E-state index < -0.39 is 16.1 Å². The lowest BCUT2D eigenvalue weighted by molar-refractivity contribution is -0.114. The molecule has 0 aliphatic carbocycles. The molecule has 3 rings (SSSR count). The second kappa shape index (κ2) is 10.5. The Bertz CT molecular complexity index is 1280. The summed E-state index contributed by atoms with van der Waals surface area (Å²) in [6.07, 6.45) is 5.20. The second-order valence-corrected chi connectivity index (χ2v) is 9.74. The van der Waals surface area contributed by atoms with Gasteiger partial charge >= 0.3 is 10.2 Å². The van der Waals surface area contributed by atoms with Gasteiger partial charge in [-0.05, 0) is 57.5 Å². The Kier molecular flexibility index (Phi) is 7.96. The van der Waals surface area contributed by atoms with Gasteiger partial charge in [-0.1, -0.05) is 11.6 Å². The molecule has 2 heterocycles. The zero-order valence-corrected chi connectivity index (χ0v) is 20.6. The maximum Gasteiger partial charge on any atom is 0.301 e. The highest BCUT2D eigenvalue weighted by Gasteiger charge is 2.16. The van der Waals surface area contributed by atoms with Gasteiger partial charge in [0, 0.05) is 48.4 Å². The number of carbonyl (C=O) groups excluding carboxylic acids is 1. The third-order valence-electron chi connectivity index (χ3n) is 4.82. The van der Waals surface area contributed by atoms with Gasteiger partial charge in [0.25, 0.3) is 5.91 Å². The average molecular weight is 494 g/mol. The fourth-order valence-corrected chi connectivity index (χ4v) is 4.40. The molecule has 9 nitrogen and oxygen atoms in total. The third kappa shape index (κ3) is 6.44. The SMILES string of the molecule is Cc1nn(C)c(-n2ccc3cc(Cl)ccc32)c1C=CC(=O)NS(=O)(=O)NCCCOC(C)C. The predicted molar refractivity (Wildman–Crippen MR) is 130 cm³/mol. The molecule has 0 saturated carbocycles. The standard InChI is InChI=1S/C22H28ClN5O4S/c1-15(2)32-13-5-11-24-33(30,31)26-21(29)9-7-19-16(3)25-27(4)22(19)28-12-10-17-14-18(23)6-8-20(17)28/h6-10,12,14-15,24H,5,11,13H2,1-4H3,(H,26,29). The summed E-state index contributed by atoms with van der Waals surface area (Å²) in [6.45, 7) is 6.22. The molecule has 0 unspecified atom stereocenters. The second-order valence-electron chi connectivity index (χ2n) is 7.81. The zero-order chi connectivity index (χ0) is 24.2. The first-order chi connectivity index (χ1) is 15.6. The van der Waals surface area contributed by atoms with Crippen LogP contribution in [0.25, 0.3) is 22.8 Å². The quantitative estimate of drug-likeness (QED) is 0.333. The lowest BCUT2D eigenvalue weighted by atomic mass is 10.2. The van der Waals surface area contributed by atoms with Crippen LogP contribution in [0.1, 0.15) is 31.5 Å². The molecule has 178 valence electrons. The van der Waals surface area contributed by atoms with Crippen molar-refractivity contribution in [2.75, 3.05) is 13.2 Å². The van der Waals surface area contributed by atoms with Crippen molar-refractivity contribution >= 4 is 44.7 Å². The van der Waals surface area contributed by atoms with Gasteiger partial charge in [0.1, 0.15) is 5.82 Å². The third-order valence-corrected chi connectivity index (χ3v) is 6.11. The van der Waals surface area contributed by atoms with Crippen LogP contribution in [-0.4, -0.2) is 47.9 Å². The van der Waals surface area contributed by atoms with E-state index in [2.05, 4.69) is 9.82 Å². The molecule has 2 N–H and O–H groups in total. The van der Waals surface area contributed by atoms with E-state index in [9.17, 15) is 13.2 Å². The number of benzene rings is 1. The summed E-state index contributed by atoms with van der Waals surface area (Å²) >= 11 is 6.09. The molecule has 1 amide bonds. The van der Waals surface area contributed by atoms with E-state index in [-0.39, 0.29) is 12.6 Å². The zero-order valence-electron chi connectivity index (χ0n) is 19.0. The Hall–Kier alpha value is -2.66. The first kappa shape index (κ1) is 25.0. The van der Waals surface area contributed by atoms with Gasteiger partial charge in [-0.2, -0.15) is 18.2 Å². The van der Waals surface area contributed by atoms with Gasteiger partial charge in [-0.25, -0.2) is 4.72 Å². The number of carbonyl (C=O) groups is 1. The molecule has 0 aliphatic rings. The van der Waals surface area contributed by atoms with Gasteiger partial charge in [0.2, 0.25) is 0 Å². The summed E-state index contributed by atoms with van der Waals surface area (Å²) < 4.78 is 37.5. The van der Waals surface area contributed by atoms with Crippen molar-refractivity contribution in [1.82, 2.24) is 23.8 Å². The van der Waals surface area contributed by atoms with Crippen molar-refractivity contribution in [1.29, 1.82) is 0 Å². The molecule has 0 spiro atoms. The highest BCUT2D eigenvalue weighted by molar-refractivity contribution is 7.88. The number of hydrogen-bond acceptors (Lipinski definition) is 5. The summed E-state index contributed by atoms with van der Waals surface area (Å²) in [5.41, 5.74) is 2.31. The van der Waals surface area contributed by atoms with Crippen LogP contribution in [0.4, 0.5) is 0 Å². The Morgan fingerprint density at radius 2 is 2.06 bits per heavy atom. The number of nitrogens with one attached hydrogen (secondary N) is 2. The predicted octanol–water partition coefficient (Wildman–Crippen LogP) is 3.10. The Balaban J connectivity index is 1.73. The minimum atomic E-state index is -3.97. The number of aromatic nitrogens is 3. The molecule has 0 saturated heterocycles. The highest BCUT2D eigenvalue weighted by atomic mass is 35.5. The fourth-order valence-electron chi connectivity index (χ4n) is 3.40. The van der Waals surface area contributed by atoms with E-state index in [4.69, 9.17) is 16.3 Å². The first-order valence-corrected chi connectivity index (χ1v) is 12.3. The number of amides is 1. The molecule has 0 bridgehead atoms. The van der Waals surface area contributed by atoms with Crippen molar-refractivity contribution < 1.29 is 17.9 Å². The van der Waals surface area contributed by atoms with Gasteiger partial charge < -0.3 is 9.30 Å². The summed E-state index contributed by atoms with van der Waals surface area (Å²) in [4.78, 5) is 12.3. The van der Waals surface area contributed by atoms with Gasteiger partial charge in [-0.3, -0.25) is 9.48 Å². The van der Waals surface area contributed by atoms with Crippen molar-refractivity contribution in [2.24, 2.45) is 7.05 Å². The maximum atomic E-state index is 12.3. The lowest BCUT2D eigenvalue weighted by Crippen LogP contribution is -2.40. The van der Waals surface area contributed by atoms with Crippen LogP contribution in [-0.2, 0) is 26.8 Å². The van der Waals surface area contributed by atoms with E-state index in [0.717, 1.165) is 16.7 Å². The Labute approximate surface area is 198 Å². The smallest absolute Gasteiger partial charge is 0.301 e. The average Bonchev–Trinajstić information content (AvgIpc) is 3.24. The van der Waals surface area contributed by atoms with Crippen LogP contribution < -0.4 is 9.44 Å². The molecule has 0 fully saturated rings. The molecule has 11 heteroatoms. The molecule has 0 atom stereocenters. The van der Waals surface area contributed by atoms with Crippen LogP contribution >= 0.6 is 11.6 Å². The molecule has 0 radical (unpaired) electrons. The topological polar surface area (TPSA) is 107 Å². The van der Waals surface area contributed by atoms with Crippen LogP contribution in [0.5, 0.6) is 0 Å². The Morgan fingerprint density at radius 1 is 1.30 bits per heavy atom. The number of fused-ring (bicyclic) bond motifs is 1. The van der Waals surface area contributed by atoms with Gasteiger partial charge in [0.05, 0.1) is 17.3 Å². The number of hydrogen-bond donors (Lipinski definition) is 2. The van der Waals surface area contributed by atoms with Gasteiger partial charge in [-0.15, -0.1) is 0 Å².